The summed E-state index contributed by atoms with van der Waals surface area (Å²) in [5, 5.41) is 13.5. The highest BCUT2D eigenvalue weighted by atomic mass is 32.2. The molecule has 0 aliphatic rings. The zero-order valence-corrected chi connectivity index (χ0v) is 16.1. The lowest BCUT2D eigenvalue weighted by atomic mass is 10.1. The van der Waals surface area contributed by atoms with E-state index < -0.39 is 0 Å². The number of carbonyl (C=O) groups excluding carboxylic acids is 1. The van der Waals surface area contributed by atoms with Gasteiger partial charge >= 0.3 is 0 Å². The molecule has 1 N–H and O–H groups in total. The van der Waals surface area contributed by atoms with E-state index in [2.05, 4.69) is 47.6 Å². The van der Waals surface area contributed by atoms with Crippen LogP contribution in [0.1, 0.15) is 31.9 Å². The number of amides is 1. The first-order chi connectivity index (χ1) is 11.5. The van der Waals surface area contributed by atoms with Crippen LogP contribution >= 0.6 is 34.4 Å². The molecule has 24 heavy (non-hydrogen) atoms. The topological polar surface area (TPSA) is 54.9 Å². The molecule has 0 unspecified atom stereocenters. The van der Waals surface area contributed by atoms with Crippen LogP contribution in [0.25, 0.3) is 0 Å². The van der Waals surface area contributed by atoms with Gasteiger partial charge in [-0.2, -0.15) is 0 Å². The maximum Gasteiger partial charge on any atom is 0.267 e. The van der Waals surface area contributed by atoms with Gasteiger partial charge < -0.3 is 0 Å². The van der Waals surface area contributed by atoms with Crippen LogP contribution in [0, 0.1) is 20.8 Å². The number of thioether (sulfide) groups is 1. The van der Waals surface area contributed by atoms with Crippen LogP contribution in [-0.4, -0.2) is 16.1 Å². The van der Waals surface area contributed by atoms with Gasteiger partial charge in [-0.1, -0.05) is 46.9 Å². The Morgan fingerprint density at radius 2 is 2.00 bits per heavy atom. The number of benzene rings is 1. The molecule has 0 atom stereocenters. The van der Waals surface area contributed by atoms with E-state index in [-0.39, 0.29) is 5.91 Å². The minimum Gasteiger partial charge on any atom is -0.296 e. The number of aryl methyl sites for hydroxylation is 3. The summed E-state index contributed by atoms with van der Waals surface area (Å²) < 4.78 is 0.855. The molecule has 0 aliphatic heterocycles. The van der Waals surface area contributed by atoms with Gasteiger partial charge in [0.15, 0.2) is 4.34 Å². The van der Waals surface area contributed by atoms with E-state index in [1.54, 1.807) is 11.8 Å². The molecular formula is C17H17N3OS3. The quantitative estimate of drug-likeness (QED) is 0.500. The van der Waals surface area contributed by atoms with Crippen LogP contribution in [0.15, 0.2) is 34.0 Å². The van der Waals surface area contributed by atoms with E-state index >= 15 is 0 Å². The van der Waals surface area contributed by atoms with E-state index in [1.165, 1.54) is 39.4 Å². The molecule has 3 rings (SSSR count). The third-order valence-electron chi connectivity index (χ3n) is 3.44. The minimum absolute atomic E-state index is 0.129. The number of hydrogen-bond donors (Lipinski definition) is 1. The number of hydrogen-bond acceptors (Lipinski definition) is 6. The van der Waals surface area contributed by atoms with Crippen molar-refractivity contribution in [2.75, 3.05) is 5.32 Å². The summed E-state index contributed by atoms with van der Waals surface area (Å²) in [7, 11) is 0. The standard InChI is InChI=1S/C17H17N3OS3/c1-10-4-5-12(3)13(6-10)9-23-17-20-19-16(24-17)18-15(21)14-7-11(2)8-22-14/h4-8H,9H2,1-3H3,(H,18,19,21). The average molecular weight is 376 g/mol. The number of thiophene rings is 1. The van der Waals surface area contributed by atoms with Gasteiger partial charge in [0.05, 0.1) is 4.88 Å². The van der Waals surface area contributed by atoms with Crippen molar-refractivity contribution in [2.45, 2.75) is 30.9 Å². The molecular weight excluding hydrogens is 358 g/mol. The molecule has 0 fully saturated rings. The average Bonchev–Trinajstić information content (AvgIpc) is 3.17. The Hall–Kier alpha value is -1.70. The molecule has 0 radical (unpaired) electrons. The van der Waals surface area contributed by atoms with Crippen molar-refractivity contribution < 1.29 is 4.79 Å². The van der Waals surface area contributed by atoms with E-state index in [1.807, 2.05) is 18.4 Å². The first kappa shape index (κ1) is 17.1. The van der Waals surface area contributed by atoms with Gasteiger partial charge in [0.1, 0.15) is 0 Å². The second-order valence-corrected chi connectivity index (χ2v) is 8.65. The zero-order valence-electron chi connectivity index (χ0n) is 13.6. The predicted octanol–water partition coefficient (Wildman–Crippen LogP) is 5.07. The Kier molecular flexibility index (Phi) is 5.33. The SMILES string of the molecule is Cc1csc(C(=O)Nc2nnc(SCc3cc(C)ccc3C)s2)c1. The number of aromatic nitrogens is 2. The third-order valence-corrected chi connectivity index (χ3v) is 6.50. The van der Waals surface area contributed by atoms with E-state index in [9.17, 15) is 4.79 Å². The number of rotatable bonds is 5. The summed E-state index contributed by atoms with van der Waals surface area (Å²) in [6.45, 7) is 6.18. The predicted molar refractivity (Wildman–Crippen MR) is 102 cm³/mol. The maximum atomic E-state index is 12.1. The van der Waals surface area contributed by atoms with Crippen molar-refractivity contribution in [2.24, 2.45) is 0 Å². The Bertz CT molecular complexity index is 870. The normalized spacial score (nSPS) is 10.8. The lowest BCUT2D eigenvalue weighted by molar-refractivity contribution is 0.103. The molecule has 7 heteroatoms. The van der Waals surface area contributed by atoms with Gasteiger partial charge in [-0.25, -0.2) is 0 Å². The van der Waals surface area contributed by atoms with E-state index in [4.69, 9.17) is 0 Å². The molecule has 2 heterocycles. The summed E-state index contributed by atoms with van der Waals surface area (Å²) in [5.41, 5.74) is 4.92. The van der Waals surface area contributed by atoms with Gasteiger partial charge in [0.2, 0.25) is 5.13 Å². The van der Waals surface area contributed by atoms with Gasteiger partial charge in [-0.05, 0) is 48.9 Å². The molecule has 0 spiro atoms. The van der Waals surface area contributed by atoms with Gasteiger partial charge in [-0.3, -0.25) is 10.1 Å². The highest BCUT2D eigenvalue weighted by molar-refractivity contribution is 8.00. The lowest BCUT2D eigenvalue weighted by Crippen LogP contribution is -2.09. The Balaban J connectivity index is 1.61. The maximum absolute atomic E-state index is 12.1. The van der Waals surface area contributed by atoms with Crippen LogP contribution in [0.2, 0.25) is 0 Å². The fraction of sp³-hybridized carbons (Fsp3) is 0.235. The van der Waals surface area contributed by atoms with Crippen LogP contribution in [-0.2, 0) is 5.75 Å². The Morgan fingerprint density at radius 1 is 1.17 bits per heavy atom. The molecule has 0 aliphatic carbocycles. The fourth-order valence-electron chi connectivity index (χ4n) is 2.12. The summed E-state index contributed by atoms with van der Waals surface area (Å²) >= 11 is 4.48. The molecule has 1 amide bonds. The van der Waals surface area contributed by atoms with Crippen molar-refractivity contribution >= 4 is 45.5 Å². The summed E-state index contributed by atoms with van der Waals surface area (Å²) in [5.74, 6) is 0.718. The number of carbonyl (C=O) groups is 1. The van der Waals surface area contributed by atoms with E-state index in [0.717, 1.165) is 15.7 Å². The smallest absolute Gasteiger partial charge is 0.267 e. The first-order valence-corrected chi connectivity index (χ1v) is 10.1. The van der Waals surface area contributed by atoms with Crippen LogP contribution in [0.3, 0.4) is 0 Å². The van der Waals surface area contributed by atoms with Crippen LogP contribution in [0.5, 0.6) is 0 Å². The first-order valence-electron chi connectivity index (χ1n) is 7.40. The fourth-order valence-corrected chi connectivity index (χ4v) is 4.73. The molecule has 2 aromatic heterocycles. The molecule has 4 nitrogen and oxygen atoms in total. The van der Waals surface area contributed by atoms with Crippen molar-refractivity contribution in [3.63, 3.8) is 0 Å². The molecule has 0 bridgehead atoms. The highest BCUT2D eigenvalue weighted by Crippen LogP contribution is 2.30. The molecule has 3 aromatic rings. The van der Waals surface area contributed by atoms with Crippen molar-refractivity contribution in [3.8, 4) is 0 Å². The minimum atomic E-state index is -0.129. The number of anilines is 1. The lowest BCUT2D eigenvalue weighted by Gasteiger charge is -2.05. The van der Waals surface area contributed by atoms with Crippen LogP contribution < -0.4 is 5.32 Å². The zero-order chi connectivity index (χ0) is 17.1. The van der Waals surface area contributed by atoms with Crippen molar-refractivity contribution in [3.05, 3.63) is 56.8 Å². The molecule has 1 aromatic carbocycles. The van der Waals surface area contributed by atoms with Gasteiger partial charge in [0.25, 0.3) is 5.91 Å². The van der Waals surface area contributed by atoms with Gasteiger partial charge in [-0.15, -0.1) is 21.5 Å². The largest absolute Gasteiger partial charge is 0.296 e. The van der Waals surface area contributed by atoms with Crippen molar-refractivity contribution in [1.29, 1.82) is 0 Å². The van der Waals surface area contributed by atoms with E-state index in [0.29, 0.717) is 10.0 Å². The van der Waals surface area contributed by atoms with Gasteiger partial charge in [0, 0.05) is 5.75 Å². The second-order valence-electron chi connectivity index (χ2n) is 5.53. The van der Waals surface area contributed by atoms with Crippen LogP contribution in [0.4, 0.5) is 5.13 Å². The third kappa shape index (κ3) is 4.23. The second kappa shape index (κ2) is 7.46. The number of nitrogens with one attached hydrogen (secondary N) is 1. The Morgan fingerprint density at radius 3 is 2.75 bits per heavy atom. The van der Waals surface area contributed by atoms with Crippen molar-refractivity contribution in [1.82, 2.24) is 10.2 Å². The highest BCUT2D eigenvalue weighted by Gasteiger charge is 2.12. The number of nitrogens with zero attached hydrogens (tertiary/aromatic N) is 2. The molecule has 124 valence electrons. The Labute approximate surface area is 153 Å². The monoisotopic (exact) mass is 375 g/mol. The summed E-state index contributed by atoms with van der Waals surface area (Å²) in [6.07, 6.45) is 0. The summed E-state index contributed by atoms with van der Waals surface area (Å²) in [6, 6.07) is 8.33. The molecule has 0 saturated carbocycles. The summed E-state index contributed by atoms with van der Waals surface area (Å²) in [4.78, 5) is 12.8. The molecule has 0 saturated heterocycles.